The van der Waals surface area contributed by atoms with Gasteiger partial charge in [0.15, 0.2) is 0 Å². The van der Waals surface area contributed by atoms with Crippen LogP contribution in [-0.2, 0) is 10.9 Å². The zero-order valence-electron chi connectivity index (χ0n) is 12.6. The van der Waals surface area contributed by atoms with E-state index in [1.54, 1.807) is 19.1 Å². The maximum Gasteiger partial charge on any atom is 0.416 e. The smallest absolute Gasteiger partial charge is 0.375 e. The molecule has 0 aromatic heterocycles. The largest absolute Gasteiger partial charge is 0.416 e. The van der Waals surface area contributed by atoms with Crippen LogP contribution < -0.4 is 5.32 Å². The second-order valence-corrected chi connectivity index (χ2v) is 6.27. The molecule has 2 atom stereocenters. The van der Waals surface area contributed by atoms with Gasteiger partial charge in [-0.15, -0.1) is 0 Å². The summed E-state index contributed by atoms with van der Waals surface area (Å²) in [6.45, 7) is 6.44. The van der Waals surface area contributed by atoms with Crippen LogP contribution in [0.5, 0.6) is 0 Å². The molecule has 1 fully saturated rings. The van der Waals surface area contributed by atoms with Crippen molar-refractivity contribution in [3.05, 3.63) is 35.4 Å². The first-order valence-corrected chi connectivity index (χ1v) is 7.25. The molecule has 1 aliphatic rings. The highest BCUT2D eigenvalue weighted by atomic mass is 19.4. The van der Waals surface area contributed by atoms with E-state index in [1.807, 2.05) is 13.8 Å². The summed E-state index contributed by atoms with van der Waals surface area (Å²) in [5.41, 5.74) is -0.482. The molecule has 2 unspecified atom stereocenters. The number of hydrogen-bond donors (Lipinski definition) is 1. The number of ether oxygens (including phenoxy) is 1. The summed E-state index contributed by atoms with van der Waals surface area (Å²) >= 11 is 0. The van der Waals surface area contributed by atoms with Gasteiger partial charge in [0.1, 0.15) is 0 Å². The van der Waals surface area contributed by atoms with Gasteiger partial charge in [-0.3, -0.25) is 0 Å². The van der Waals surface area contributed by atoms with Crippen molar-refractivity contribution in [1.82, 2.24) is 5.32 Å². The van der Waals surface area contributed by atoms with Gasteiger partial charge in [-0.25, -0.2) is 0 Å². The van der Waals surface area contributed by atoms with Crippen LogP contribution in [0, 0.1) is 0 Å². The first kappa shape index (κ1) is 16.3. The Kier molecular flexibility index (Phi) is 4.63. The fourth-order valence-electron chi connectivity index (χ4n) is 2.95. The Labute approximate surface area is 123 Å². The second kappa shape index (κ2) is 5.97. The SMILES string of the molecule is CC(NC1CCOC(C)(C)C1)c1ccccc1C(F)(F)F. The van der Waals surface area contributed by atoms with Crippen LogP contribution in [0.2, 0.25) is 0 Å². The minimum Gasteiger partial charge on any atom is -0.375 e. The first-order valence-electron chi connectivity index (χ1n) is 7.25. The van der Waals surface area contributed by atoms with Crippen molar-refractivity contribution in [2.24, 2.45) is 0 Å². The Morgan fingerprint density at radius 3 is 2.57 bits per heavy atom. The first-order chi connectivity index (χ1) is 9.69. The van der Waals surface area contributed by atoms with Gasteiger partial charge in [0.25, 0.3) is 0 Å². The van der Waals surface area contributed by atoms with Gasteiger partial charge in [-0.2, -0.15) is 13.2 Å². The standard InChI is InChI=1S/C16H22F3NO/c1-11(20-12-8-9-21-15(2,3)10-12)13-6-4-5-7-14(13)16(17,18)19/h4-7,11-12,20H,8-10H2,1-3H3. The van der Waals surface area contributed by atoms with Crippen molar-refractivity contribution in [3.63, 3.8) is 0 Å². The highest BCUT2D eigenvalue weighted by molar-refractivity contribution is 5.32. The van der Waals surface area contributed by atoms with E-state index in [-0.39, 0.29) is 17.7 Å². The third-order valence-electron chi connectivity index (χ3n) is 3.92. The minimum atomic E-state index is -4.32. The Balaban J connectivity index is 2.12. The molecule has 5 heteroatoms. The Morgan fingerprint density at radius 2 is 1.95 bits per heavy atom. The van der Waals surface area contributed by atoms with Gasteiger partial charge in [-0.1, -0.05) is 18.2 Å². The molecule has 118 valence electrons. The van der Waals surface area contributed by atoms with E-state index >= 15 is 0 Å². The Hall–Kier alpha value is -1.07. The lowest BCUT2D eigenvalue weighted by Gasteiger charge is -2.37. The van der Waals surface area contributed by atoms with Crippen LogP contribution in [0.1, 0.15) is 50.8 Å². The van der Waals surface area contributed by atoms with Gasteiger partial charge < -0.3 is 10.1 Å². The van der Waals surface area contributed by atoms with E-state index in [0.29, 0.717) is 12.2 Å². The number of nitrogens with one attached hydrogen (secondary N) is 1. The lowest BCUT2D eigenvalue weighted by atomic mass is 9.92. The predicted octanol–water partition coefficient (Wildman–Crippen LogP) is 4.31. The van der Waals surface area contributed by atoms with Crippen LogP contribution in [0.4, 0.5) is 13.2 Å². The number of benzene rings is 1. The number of hydrogen-bond acceptors (Lipinski definition) is 2. The summed E-state index contributed by atoms with van der Waals surface area (Å²) in [4.78, 5) is 0. The van der Waals surface area contributed by atoms with Crippen molar-refractivity contribution in [3.8, 4) is 0 Å². The highest BCUT2D eigenvalue weighted by Crippen LogP contribution is 2.35. The van der Waals surface area contributed by atoms with Gasteiger partial charge in [0, 0.05) is 18.7 Å². The predicted molar refractivity (Wildman–Crippen MR) is 76.0 cm³/mol. The molecule has 0 aliphatic carbocycles. The molecule has 0 saturated carbocycles. The van der Waals surface area contributed by atoms with E-state index in [4.69, 9.17) is 4.74 Å². The van der Waals surface area contributed by atoms with Crippen LogP contribution in [-0.4, -0.2) is 18.2 Å². The van der Waals surface area contributed by atoms with Crippen molar-refractivity contribution in [1.29, 1.82) is 0 Å². The summed E-state index contributed by atoms with van der Waals surface area (Å²) in [7, 11) is 0. The Morgan fingerprint density at radius 1 is 1.29 bits per heavy atom. The maximum atomic E-state index is 13.1. The monoisotopic (exact) mass is 301 g/mol. The topological polar surface area (TPSA) is 21.3 Å². The second-order valence-electron chi connectivity index (χ2n) is 6.27. The van der Waals surface area contributed by atoms with Gasteiger partial charge in [0.2, 0.25) is 0 Å². The summed E-state index contributed by atoms with van der Waals surface area (Å²) < 4.78 is 44.8. The molecular formula is C16H22F3NO. The van der Waals surface area contributed by atoms with Crippen LogP contribution in [0.3, 0.4) is 0 Å². The summed E-state index contributed by atoms with van der Waals surface area (Å²) in [5, 5.41) is 3.32. The molecule has 21 heavy (non-hydrogen) atoms. The average Bonchev–Trinajstić information content (AvgIpc) is 2.36. The Bertz CT molecular complexity index is 485. The van der Waals surface area contributed by atoms with Crippen LogP contribution in [0.25, 0.3) is 0 Å². The molecule has 1 aromatic rings. The van der Waals surface area contributed by atoms with Crippen LogP contribution >= 0.6 is 0 Å². The quantitative estimate of drug-likeness (QED) is 0.898. The molecular weight excluding hydrogens is 279 g/mol. The maximum absolute atomic E-state index is 13.1. The molecule has 1 N–H and O–H groups in total. The zero-order valence-corrected chi connectivity index (χ0v) is 12.6. The molecule has 2 nitrogen and oxygen atoms in total. The van der Waals surface area contributed by atoms with E-state index in [2.05, 4.69) is 5.32 Å². The average molecular weight is 301 g/mol. The van der Waals surface area contributed by atoms with E-state index < -0.39 is 11.7 Å². The highest BCUT2D eigenvalue weighted by Gasteiger charge is 2.35. The third-order valence-corrected chi connectivity index (χ3v) is 3.92. The number of rotatable bonds is 3. The van der Waals surface area contributed by atoms with Crippen molar-refractivity contribution >= 4 is 0 Å². The van der Waals surface area contributed by atoms with Gasteiger partial charge >= 0.3 is 6.18 Å². The fraction of sp³-hybridized carbons (Fsp3) is 0.625. The lowest BCUT2D eigenvalue weighted by Crippen LogP contribution is -2.44. The fourth-order valence-corrected chi connectivity index (χ4v) is 2.95. The normalized spacial score (nSPS) is 23.8. The minimum absolute atomic E-state index is 0.171. The van der Waals surface area contributed by atoms with Crippen molar-refractivity contribution < 1.29 is 17.9 Å². The molecule has 1 aliphatic heterocycles. The van der Waals surface area contributed by atoms with Gasteiger partial charge in [-0.05, 0) is 45.2 Å². The summed E-state index contributed by atoms with van der Waals surface area (Å²) in [5.74, 6) is 0. The van der Waals surface area contributed by atoms with Gasteiger partial charge in [0.05, 0.1) is 11.2 Å². The molecule has 0 bridgehead atoms. The summed E-state index contributed by atoms with van der Waals surface area (Å²) in [6, 6.07) is 5.59. The van der Waals surface area contributed by atoms with Crippen molar-refractivity contribution in [2.75, 3.05) is 6.61 Å². The lowest BCUT2D eigenvalue weighted by molar-refractivity contribution is -0.138. The molecule has 0 amide bonds. The van der Waals surface area contributed by atoms with E-state index in [9.17, 15) is 13.2 Å². The molecule has 0 spiro atoms. The molecule has 0 radical (unpaired) electrons. The van der Waals surface area contributed by atoms with Crippen molar-refractivity contribution in [2.45, 2.75) is 57.5 Å². The zero-order chi connectivity index (χ0) is 15.7. The molecule has 1 heterocycles. The van der Waals surface area contributed by atoms with Crippen LogP contribution in [0.15, 0.2) is 24.3 Å². The molecule has 1 aromatic carbocycles. The van der Waals surface area contributed by atoms with E-state index in [0.717, 1.165) is 18.9 Å². The van der Waals surface area contributed by atoms with E-state index in [1.165, 1.54) is 6.07 Å². The molecule has 1 saturated heterocycles. The number of alkyl halides is 3. The number of halogens is 3. The third kappa shape index (κ3) is 4.20. The molecule has 2 rings (SSSR count). The summed E-state index contributed by atoms with van der Waals surface area (Å²) in [6.07, 6.45) is -2.70.